The van der Waals surface area contributed by atoms with Crippen molar-refractivity contribution in [2.24, 2.45) is 0 Å². The number of alkyl halides is 3. The highest BCUT2D eigenvalue weighted by atomic mass is 19.4. The molecule has 1 atom stereocenters. The molecule has 1 amide bonds. The van der Waals surface area contributed by atoms with Gasteiger partial charge in [0.25, 0.3) is 0 Å². The summed E-state index contributed by atoms with van der Waals surface area (Å²) in [5.74, 6) is 0.565. The number of halogens is 3. The molecule has 6 rings (SSSR count). The Hall–Kier alpha value is -4.15. The third-order valence-electron chi connectivity index (χ3n) is 7.62. The Labute approximate surface area is 223 Å². The van der Waals surface area contributed by atoms with Crippen molar-refractivity contribution in [2.75, 3.05) is 36.0 Å². The highest BCUT2D eigenvalue weighted by molar-refractivity contribution is 5.79. The van der Waals surface area contributed by atoms with E-state index in [2.05, 4.69) is 45.0 Å². The minimum Gasteiger partial charge on any atom is -0.367 e. The van der Waals surface area contributed by atoms with Crippen molar-refractivity contribution in [3.8, 4) is 0 Å². The summed E-state index contributed by atoms with van der Waals surface area (Å²) in [4.78, 5) is 32.3. The summed E-state index contributed by atoms with van der Waals surface area (Å²) in [6.07, 6.45) is 0.632. The van der Waals surface area contributed by atoms with Crippen LogP contribution in [0.3, 0.4) is 0 Å². The van der Waals surface area contributed by atoms with Gasteiger partial charge in [-0.25, -0.2) is 15.0 Å². The van der Waals surface area contributed by atoms with Crippen LogP contribution in [0.4, 0.5) is 24.7 Å². The van der Waals surface area contributed by atoms with Gasteiger partial charge in [-0.05, 0) is 54.8 Å². The fraction of sp³-hybridized carbons (Fsp3) is 0.357. The molecule has 1 aromatic carbocycles. The van der Waals surface area contributed by atoms with E-state index in [-0.39, 0.29) is 18.5 Å². The Kier molecular flexibility index (Phi) is 6.36. The van der Waals surface area contributed by atoms with E-state index in [1.165, 1.54) is 11.6 Å². The molecule has 8 nitrogen and oxygen atoms in total. The second-order valence-electron chi connectivity index (χ2n) is 10.1. The van der Waals surface area contributed by atoms with Gasteiger partial charge in [-0.2, -0.15) is 13.2 Å². The summed E-state index contributed by atoms with van der Waals surface area (Å²) in [5.41, 5.74) is 4.21. The normalized spacial score (nSPS) is 17.9. The van der Waals surface area contributed by atoms with E-state index in [1.54, 1.807) is 17.1 Å². The number of hydrogen-bond acceptors (Lipinski definition) is 6. The molecule has 2 aliphatic rings. The summed E-state index contributed by atoms with van der Waals surface area (Å²) in [7, 11) is 0. The molecule has 0 spiro atoms. The van der Waals surface area contributed by atoms with Gasteiger partial charge in [-0.3, -0.25) is 4.79 Å². The predicted octanol–water partition coefficient (Wildman–Crippen LogP) is 4.15. The average molecular weight is 536 g/mol. The van der Waals surface area contributed by atoms with Crippen molar-refractivity contribution in [1.29, 1.82) is 0 Å². The van der Waals surface area contributed by atoms with Gasteiger partial charge in [0.2, 0.25) is 5.91 Å². The van der Waals surface area contributed by atoms with Crippen LogP contribution in [-0.4, -0.2) is 62.5 Å². The van der Waals surface area contributed by atoms with Crippen molar-refractivity contribution >= 4 is 28.6 Å². The number of rotatable bonds is 4. The number of piperazine rings is 1. The van der Waals surface area contributed by atoms with Crippen molar-refractivity contribution in [3.63, 3.8) is 0 Å². The molecule has 1 saturated heterocycles. The number of fused-ring (bicyclic) bond motifs is 2. The first kappa shape index (κ1) is 25.1. The number of nitrogens with zero attached hydrogens (tertiary/aromatic N) is 7. The summed E-state index contributed by atoms with van der Waals surface area (Å²) in [6, 6.07) is 12.5. The Balaban J connectivity index is 1.16. The number of benzene rings is 1. The van der Waals surface area contributed by atoms with Gasteiger partial charge < -0.3 is 19.3 Å². The number of imidazole rings is 1. The quantitative estimate of drug-likeness (QED) is 0.391. The monoisotopic (exact) mass is 535 g/mol. The number of hydrogen-bond donors (Lipinski definition) is 0. The molecule has 5 heterocycles. The topological polar surface area (TPSA) is 70.4 Å². The Bertz CT molecular complexity index is 1500. The molecular formula is C28H28F3N7O. The van der Waals surface area contributed by atoms with Crippen molar-refractivity contribution in [3.05, 3.63) is 77.9 Å². The smallest absolute Gasteiger partial charge is 0.367 e. The molecule has 1 unspecified atom stereocenters. The zero-order chi connectivity index (χ0) is 27.1. The minimum absolute atomic E-state index is 0.00104. The lowest BCUT2D eigenvalue weighted by Gasteiger charge is -2.43. The highest BCUT2D eigenvalue weighted by Crippen LogP contribution is 2.34. The van der Waals surface area contributed by atoms with Crippen LogP contribution in [0.5, 0.6) is 0 Å². The number of aromatic nitrogens is 4. The fourth-order valence-corrected chi connectivity index (χ4v) is 5.59. The van der Waals surface area contributed by atoms with Gasteiger partial charge in [0.1, 0.15) is 17.9 Å². The van der Waals surface area contributed by atoms with Crippen LogP contribution in [0.25, 0.3) is 11.2 Å². The molecule has 0 N–H and O–H groups in total. The molecule has 202 valence electrons. The molecule has 0 radical (unpaired) electrons. The van der Waals surface area contributed by atoms with E-state index in [4.69, 9.17) is 0 Å². The first-order valence-electron chi connectivity index (χ1n) is 13.0. The number of pyridine rings is 2. The Morgan fingerprint density at radius 2 is 1.87 bits per heavy atom. The predicted molar refractivity (Wildman–Crippen MR) is 141 cm³/mol. The van der Waals surface area contributed by atoms with Crippen LogP contribution in [0, 0.1) is 0 Å². The lowest BCUT2D eigenvalue weighted by atomic mass is 9.96. The summed E-state index contributed by atoms with van der Waals surface area (Å²) in [6.45, 7) is 5.46. The highest BCUT2D eigenvalue weighted by Gasteiger charge is 2.32. The van der Waals surface area contributed by atoms with Crippen molar-refractivity contribution in [2.45, 2.75) is 38.7 Å². The van der Waals surface area contributed by atoms with Crippen LogP contribution in [0.1, 0.15) is 23.6 Å². The van der Waals surface area contributed by atoms with Crippen LogP contribution in [-0.2, 0) is 30.5 Å². The van der Waals surface area contributed by atoms with E-state index in [9.17, 15) is 18.0 Å². The molecule has 0 aliphatic carbocycles. The molecular weight excluding hydrogens is 507 g/mol. The van der Waals surface area contributed by atoms with Crippen LogP contribution >= 0.6 is 0 Å². The largest absolute Gasteiger partial charge is 0.417 e. The zero-order valence-electron chi connectivity index (χ0n) is 21.5. The lowest BCUT2D eigenvalue weighted by Crippen LogP contribution is -2.55. The second kappa shape index (κ2) is 9.87. The standard InChI is InChI=1S/C28H28F3N7O/c1-19-15-35(12-13-38(19)26(39)17-37-18-34-23-5-3-10-32-27(23)37)24-6-2-4-20-9-11-36(16-22(20)24)25-8-7-21(14-33-25)28(29,30)31/h2-8,10,14,18-19H,9,11-13,15-17H2,1H3. The molecule has 4 aromatic rings. The first-order valence-corrected chi connectivity index (χ1v) is 13.0. The van der Waals surface area contributed by atoms with Crippen LogP contribution < -0.4 is 9.80 Å². The van der Waals surface area contributed by atoms with Gasteiger partial charge in [-0.1, -0.05) is 12.1 Å². The molecule has 11 heteroatoms. The third-order valence-corrected chi connectivity index (χ3v) is 7.62. The minimum atomic E-state index is -4.41. The molecule has 0 saturated carbocycles. The van der Waals surface area contributed by atoms with E-state index < -0.39 is 11.7 Å². The summed E-state index contributed by atoms with van der Waals surface area (Å²) in [5, 5.41) is 0. The van der Waals surface area contributed by atoms with E-state index in [1.807, 2.05) is 21.9 Å². The number of anilines is 2. The number of amides is 1. The maximum atomic E-state index is 13.2. The second-order valence-corrected chi connectivity index (χ2v) is 10.1. The first-order chi connectivity index (χ1) is 18.8. The lowest BCUT2D eigenvalue weighted by molar-refractivity contribution is -0.138. The van der Waals surface area contributed by atoms with Crippen LogP contribution in [0.15, 0.2) is 61.2 Å². The Morgan fingerprint density at radius 3 is 2.64 bits per heavy atom. The average Bonchev–Trinajstić information content (AvgIpc) is 3.34. The third kappa shape index (κ3) is 4.88. The van der Waals surface area contributed by atoms with E-state index in [0.29, 0.717) is 44.2 Å². The number of carbonyl (C=O) groups is 1. The summed E-state index contributed by atoms with van der Waals surface area (Å²) >= 11 is 0. The van der Waals surface area contributed by atoms with Crippen molar-refractivity contribution < 1.29 is 18.0 Å². The molecule has 39 heavy (non-hydrogen) atoms. The molecule has 0 bridgehead atoms. The fourth-order valence-electron chi connectivity index (χ4n) is 5.59. The van der Waals surface area contributed by atoms with Crippen LogP contribution in [0.2, 0.25) is 0 Å². The van der Waals surface area contributed by atoms with E-state index >= 15 is 0 Å². The van der Waals surface area contributed by atoms with Gasteiger partial charge in [0.05, 0.1) is 11.9 Å². The maximum absolute atomic E-state index is 13.2. The molecule has 1 fully saturated rings. The van der Waals surface area contributed by atoms with Gasteiger partial charge >= 0.3 is 6.18 Å². The van der Waals surface area contributed by atoms with E-state index in [0.717, 1.165) is 35.5 Å². The Morgan fingerprint density at radius 1 is 1.00 bits per heavy atom. The SMILES string of the molecule is CC1CN(c2cccc3c2CN(c2ccc(C(F)(F)F)cn2)CC3)CCN1C(=O)Cn1cnc2cccnc21. The summed E-state index contributed by atoms with van der Waals surface area (Å²) < 4.78 is 40.8. The van der Waals surface area contributed by atoms with Gasteiger partial charge in [0, 0.05) is 56.8 Å². The van der Waals surface area contributed by atoms with Crippen molar-refractivity contribution in [1.82, 2.24) is 24.4 Å². The van der Waals surface area contributed by atoms with Gasteiger partial charge in [-0.15, -0.1) is 0 Å². The van der Waals surface area contributed by atoms with Gasteiger partial charge in [0.15, 0.2) is 5.65 Å². The number of carbonyl (C=O) groups excluding carboxylic acids is 1. The zero-order valence-corrected chi connectivity index (χ0v) is 21.5. The molecule has 3 aromatic heterocycles. The maximum Gasteiger partial charge on any atom is 0.417 e. The molecule has 2 aliphatic heterocycles.